The first-order chi connectivity index (χ1) is 16.1. The summed E-state index contributed by atoms with van der Waals surface area (Å²) in [5, 5.41) is 3.06. The predicted molar refractivity (Wildman–Crippen MR) is 134 cm³/mol. The molecule has 33 heavy (non-hydrogen) atoms. The molecule has 2 amide bonds. The smallest absolute Gasteiger partial charge is 0.321 e. The number of nitrogens with zero attached hydrogens (tertiary/aromatic N) is 4. The number of hydrogen-bond donors (Lipinski definition) is 1. The number of benzene rings is 2. The fourth-order valence-corrected chi connectivity index (χ4v) is 4.37. The van der Waals surface area contributed by atoms with Crippen LogP contribution in [0.4, 0.5) is 16.3 Å². The average molecular weight is 444 g/mol. The molecule has 1 aromatic heterocycles. The van der Waals surface area contributed by atoms with Crippen LogP contribution in [0.1, 0.15) is 42.1 Å². The predicted octanol–water partition coefficient (Wildman–Crippen LogP) is 4.85. The minimum atomic E-state index is -0.0412. The molecule has 1 fully saturated rings. The monoisotopic (exact) mass is 443 g/mol. The molecule has 0 saturated carbocycles. The van der Waals surface area contributed by atoms with Crippen molar-refractivity contribution in [1.82, 2.24) is 14.9 Å². The van der Waals surface area contributed by atoms with Gasteiger partial charge < -0.3 is 15.1 Å². The Morgan fingerprint density at radius 2 is 1.64 bits per heavy atom. The van der Waals surface area contributed by atoms with Crippen molar-refractivity contribution < 1.29 is 4.79 Å². The van der Waals surface area contributed by atoms with E-state index in [4.69, 9.17) is 9.97 Å². The summed E-state index contributed by atoms with van der Waals surface area (Å²) in [6.45, 7) is 9.06. The summed E-state index contributed by atoms with van der Waals surface area (Å²) in [6.07, 6.45) is 2.64. The van der Waals surface area contributed by atoms with Crippen LogP contribution in [0.5, 0.6) is 0 Å². The van der Waals surface area contributed by atoms with Gasteiger partial charge in [-0.15, -0.1) is 0 Å². The number of carbonyl (C=O) groups excluding carboxylic acids is 1. The van der Waals surface area contributed by atoms with Gasteiger partial charge in [0, 0.05) is 49.5 Å². The second kappa shape index (κ2) is 10.5. The van der Waals surface area contributed by atoms with Gasteiger partial charge in [0.25, 0.3) is 0 Å². The lowest BCUT2D eigenvalue weighted by molar-refractivity contribution is 0.208. The van der Waals surface area contributed by atoms with Crippen molar-refractivity contribution in [2.75, 3.05) is 36.4 Å². The van der Waals surface area contributed by atoms with E-state index in [1.807, 2.05) is 36.1 Å². The van der Waals surface area contributed by atoms with Crippen LogP contribution in [-0.2, 0) is 19.3 Å². The third-order valence-corrected chi connectivity index (χ3v) is 6.19. The van der Waals surface area contributed by atoms with Gasteiger partial charge in [0.1, 0.15) is 11.6 Å². The summed E-state index contributed by atoms with van der Waals surface area (Å²) < 4.78 is 0. The number of nitrogens with one attached hydrogen (secondary N) is 1. The topological polar surface area (TPSA) is 61.4 Å². The quantitative estimate of drug-likeness (QED) is 0.591. The number of piperazine rings is 1. The van der Waals surface area contributed by atoms with Gasteiger partial charge in [-0.2, -0.15) is 0 Å². The van der Waals surface area contributed by atoms with E-state index in [0.717, 1.165) is 55.4 Å². The van der Waals surface area contributed by atoms with Crippen molar-refractivity contribution in [2.45, 2.75) is 40.0 Å². The van der Waals surface area contributed by atoms with Crippen LogP contribution >= 0.6 is 0 Å². The van der Waals surface area contributed by atoms with Gasteiger partial charge in [-0.1, -0.05) is 56.3 Å². The van der Waals surface area contributed by atoms with E-state index in [0.29, 0.717) is 13.1 Å². The second-order valence-corrected chi connectivity index (χ2v) is 8.49. The molecule has 1 aliphatic heterocycles. The lowest BCUT2D eigenvalue weighted by atomic mass is 10.0. The molecule has 0 unspecified atom stereocenters. The number of amides is 2. The molecule has 0 atom stereocenters. The van der Waals surface area contributed by atoms with Gasteiger partial charge in [0.05, 0.1) is 0 Å². The Morgan fingerprint density at radius 1 is 0.909 bits per heavy atom. The highest BCUT2D eigenvalue weighted by Gasteiger charge is 2.25. The molecular formula is C27H33N5O. The highest BCUT2D eigenvalue weighted by atomic mass is 16.2. The zero-order valence-corrected chi connectivity index (χ0v) is 19.8. The number of hydrogen-bond acceptors (Lipinski definition) is 4. The number of rotatable bonds is 6. The maximum atomic E-state index is 12.8. The molecule has 172 valence electrons. The number of anilines is 2. The van der Waals surface area contributed by atoms with Crippen LogP contribution in [0.25, 0.3) is 0 Å². The van der Waals surface area contributed by atoms with Crippen LogP contribution < -0.4 is 10.2 Å². The Bertz CT molecular complexity index is 1090. The van der Waals surface area contributed by atoms with Crippen molar-refractivity contribution in [3.05, 3.63) is 82.8 Å². The van der Waals surface area contributed by atoms with Gasteiger partial charge in [-0.3, -0.25) is 0 Å². The standard InChI is InChI=1S/C27H33N5O/c1-4-21-12-9-13-23(18-21)30-27(33)32-16-14-31(15-17-32)26-24(19-22-10-7-6-8-11-22)25(5-2)28-20(3)29-26/h6-13,18H,4-5,14-17,19H2,1-3H3,(H,30,33). The number of carbonyl (C=O) groups is 1. The summed E-state index contributed by atoms with van der Waals surface area (Å²) in [4.78, 5) is 26.6. The van der Waals surface area contributed by atoms with Gasteiger partial charge in [0.15, 0.2) is 0 Å². The van der Waals surface area contributed by atoms with Gasteiger partial charge in [-0.25, -0.2) is 14.8 Å². The molecule has 6 nitrogen and oxygen atoms in total. The van der Waals surface area contributed by atoms with Gasteiger partial charge in [0.2, 0.25) is 0 Å². The normalized spacial score (nSPS) is 13.8. The van der Waals surface area contributed by atoms with Crippen molar-refractivity contribution in [3.8, 4) is 0 Å². The molecule has 1 aliphatic rings. The van der Waals surface area contributed by atoms with Gasteiger partial charge >= 0.3 is 6.03 Å². The molecule has 0 radical (unpaired) electrons. The van der Waals surface area contributed by atoms with E-state index in [9.17, 15) is 4.79 Å². The Labute approximate surface area is 196 Å². The lowest BCUT2D eigenvalue weighted by Crippen LogP contribution is -2.50. The summed E-state index contributed by atoms with van der Waals surface area (Å²) >= 11 is 0. The highest BCUT2D eigenvalue weighted by Crippen LogP contribution is 2.26. The van der Waals surface area contributed by atoms with Crippen LogP contribution in [0.2, 0.25) is 0 Å². The summed E-state index contributed by atoms with van der Waals surface area (Å²) in [6, 6.07) is 18.5. The van der Waals surface area contributed by atoms with E-state index >= 15 is 0 Å². The van der Waals surface area contributed by atoms with E-state index in [1.54, 1.807) is 0 Å². The minimum Gasteiger partial charge on any atom is -0.353 e. The Morgan fingerprint density at radius 3 is 2.33 bits per heavy atom. The van der Waals surface area contributed by atoms with Crippen molar-refractivity contribution in [2.24, 2.45) is 0 Å². The Hall–Kier alpha value is -3.41. The first kappa shape index (κ1) is 22.8. The van der Waals surface area contributed by atoms with E-state index in [1.165, 1.54) is 16.7 Å². The van der Waals surface area contributed by atoms with E-state index < -0.39 is 0 Å². The van der Waals surface area contributed by atoms with Crippen LogP contribution in [-0.4, -0.2) is 47.1 Å². The molecule has 0 spiro atoms. The largest absolute Gasteiger partial charge is 0.353 e. The van der Waals surface area contributed by atoms with Crippen LogP contribution in [0, 0.1) is 6.92 Å². The zero-order valence-electron chi connectivity index (χ0n) is 19.8. The van der Waals surface area contributed by atoms with Crippen LogP contribution in [0.3, 0.4) is 0 Å². The molecule has 2 aromatic carbocycles. The zero-order chi connectivity index (χ0) is 23.2. The molecular weight excluding hydrogens is 410 g/mol. The van der Waals surface area contributed by atoms with Crippen LogP contribution in [0.15, 0.2) is 54.6 Å². The van der Waals surface area contributed by atoms with Crippen molar-refractivity contribution >= 4 is 17.5 Å². The summed E-state index contributed by atoms with van der Waals surface area (Å²) in [5.41, 5.74) is 5.63. The van der Waals surface area contributed by atoms with E-state index in [2.05, 4.69) is 54.4 Å². The maximum Gasteiger partial charge on any atom is 0.321 e. The third-order valence-electron chi connectivity index (χ3n) is 6.19. The number of aromatic nitrogens is 2. The Kier molecular flexibility index (Phi) is 7.23. The SMILES string of the molecule is CCc1cccc(NC(=O)N2CCN(c3nc(C)nc(CC)c3Cc3ccccc3)CC2)c1. The fourth-order valence-electron chi connectivity index (χ4n) is 4.37. The highest BCUT2D eigenvalue weighted by molar-refractivity contribution is 5.89. The molecule has 1 saturated heterocycles. The first-order valence-corrected chi connectivity index (χ1v) is 11.9. The molecule has 3 aromatic rings. The second-order valence-electron chi connectivity index (χ2n) is 8.49. The summed E-state index contributed by atoms with van der Waals surface area (Å²) in [5.74, 6) is 1.81. The molecule has 4 rings (SSSR count). The molecule has 2 heterocycles. The molecule has 0 bridgehead atoms. The number of urea groups is 1. The maximum absolute atomic E-state index is 12.8. The third kappa shape index (κ3) is 5.51. The van der Waals surface area contributed by atoms with Crippen molar-refractivity contribution in [1.29, 1.82) is 0 Å². The van der Waals surface area contributed by atoms with Crippen molar-refractivity contribution in [3.63, 3.8) is 0 Å². The fraction of sp³-hybridized carbons (Fsp3) is 0.370. The number of aryl methyl sites for hydroxylation is 3. The van der Waals surface area contributed by atoms with E-state index in [-0.39, 0.29) is 6.03 Å². The summed E-state index contributed by atoms with van der Waals surface area (Å²) in [7, 11) is 0. The average Bonchev–Trinajstić information content (AvgIpc) is 2.85. The lowest BCUT2D eigenvalue weighted by Gasteiger charge is -2.36. The first-order valence-electron chi connectivity index (χ1n) is 11.9. The minimum absolute atomic E-state index is 0.0412. The van der Waals surface area contributed by atoms with Gasteiger partial charge in [-0.05, 0) is 43.0 Å². The molecule has 0 aliphatic carbocycles. The molecule has 1 N–H and O–H groups in total. The Balaban J connectivity index is 1.47. The molecule has 6 heteroatoms.